The lowest BCUT2D eigenvalue weighted by molar-refractivity contribution is -0.368. The van der Waals surface area contributed by atoms with Crippen LogP contribution in [-0.4, -0.2) is 320 Å². The second-order valence-corrected chi connectivity index (χ2v) is 25.9. The molecule has 6 rings (SSSR count). The third kappa shape index (κ3) is 22.5. The molecule has 566 valence electrons. The van der Waals surface area contributed by atoms with Gasteiger partial charge in [0.25, 0.3) is 0 Å². The Morgan fingerprint density at radius 2 is 0.755 bits per heavy atom. The van der Waals surface area contributed by atoms with Crippen molar-refractivity contribution in [2.24, 2.45) is 0 Å². The molecule has 6 heterocycles. The topological polar surface area (TPSA) is 519 Å². The normalized spacial score (nSPS) is 40.0. The number of aliphatic hydroxyl groups is 13. The molecular weight excluding hydrogens is 1310 g/mol. The van der Waals surface area contributed by atoms with Gasteiger partial charge in [0.15, 0.2) is 37.7 Å². The molecule has 98 heavy (non-hydrogen) atoms. The quantitative estimate of drug-likeness (QED) is 0.0205. The lowest BCUT2D eigenvalue weighted by Crippen LogP contribution is -2.72. The molecule has 0 aliphatic carbocycles. The minimum Gasteiger partial charge on any atom is -0.394 e. The van der Waals surface area contributed by atoms with Gasteiger partial charge in [0, 0.05) is 41.2 Å². The molecule has 35 heteroatoms. The number of methoxy groups -OCH3 is 1. The summed E-state index contributed by atoms with van der Waals surface area (Å²) < 4.78 is 71.9. The Morgan fingerprint density at radius 3 is 1.16 bits per heavy atom. The van der Waals surface area contributed by atoms with Gasteiger partial charge in [-0.05, 0) is 39.0 Å². The fraction of sp³-hybridized carbons (Fsp3) is 0.889. The summed E-state index contributed by atoms with van der Waals surface area (Å²) in [6, 6.07) is -8.35. The second kappa shape index (κ2) is 40.8. The average Bonchev–Trinajstić information content (AvgIpc) is 0.774. The number of nitrogens with one attached hydrogen (secondary N) is 5. The summed E-state index contributed by atoms with van der Waals surface area (Å²) in [5, 5.41) is 158. The van der Waals surface area contributed by atoms with Crippen LogP contribution in [0, 0.1) is 0 Å². The fourth-order valence-corrected chi connectivity index (χ4v) is 13.0. The van der Waals surface area contributed by atoms with E-state index >= 15 is 0 Å². The SMILES string of the molecule is CCCCCC/C=C\CCCCCCCCCC(=O)NC1C(O)[C@H](O)C(CO)O[C@H]1O[C@@H]1C(CO)O[C@@H](O[C@@H]2C(CO)O[C@@H](O[C@@H]3C(CO)O[C@@H](O[C@@H]4C(CO[C@@H]5OC(C)[C@@H](O)C(O)C5OC)O[C@@H](O)C(NC(C)=O)C4O)C(NC(C)=O)C3O)C(NC(C)=O)C2O)C(NC(C)=O)C1O. The minimum absolute atomic E-state index is 0.0169. The van der Waals surface area contributed by atoms with Gasteiger partial charge >= 0.3 is 0 Å². The summed E-state index contributed by atoms with van der Waals surface area (Å²) in [6.45, 7) is 3.37. The van der Waals surface area contributed by atoms with Gasteiger partial charge in [-0.1, -0.05) is 70.4 Å². The number of rotatable bonds is 36. The molecule has 0 bridgehead atoms. The molecule has 6 aliphatic heterocycles. The van der Waals surface area contributed by atoms with E-state index in [1.54, 1.807) is 0 Å². The molecule has 6 aliphatic rings. The molecular formula is C63H109N5O30. The van der Waals surface area contributed by atoms with E-state index in [4.69, 9.17) is 56.8 Å². The zero-order valence-electron chi connectivity index (χ0n) is 56.7. The Morgan fingerprint density at radius 1 is 0.388 bits per heavy atom. The van der Waals surface area contributed by atoms with Gasteiger partial charge < -0.3 is 150 Å². The fourth-order valence-electron chi connectivity index (χ4n) is 13.0. The van der Waals surface area contributed by atoms with E-state index in [1.165, 1.54) is 39.7 Å². The van der Waals surface area contributed by atoms with E-state index < -0.39 is 246 Å². The van der Waals surface area contributed by atoms with Crippen LogP contribution in [0.25, 0.3) is 0 Å². The monoisotopic (exact) mass is 1420 g/mol. The molecule has 0 radical (unpaired) electrons. The van der Waals surface area contributed by atoms with Crippen molar-refractivity contribution in [3.8, 4) is 0 Å². The predicted octanol–water partition coefficient (Wildman–Crippen LogP) is -5.68. The zero-order chi connectivity index (χ0) is 72.1. The first-order valence-electron chi connectivity index (χ1n) is 34.0. The first-order chi connectivity index (χ1) is 46.7. The number of hydrogen-bond donors (Lipinski definition) is 18. The van der Waals surface area contributed by atoms with Crippen LogP contribution in [0.2, 0.25) is 0 Å². The minimum atomic E-state index is -2.05. The lowest BCUT2D eigenvalue weighted by Gasteiger charge is -2.51. The maximum atomic E-state index is 13.4. The molecule has 18 unspecified atom stereocenters. The van der Waals surface area contributed by atoms with E-state index in [9.17, 15) is 90.4 Å². The largest absolute Gasteiger partial charge is 0.394 e. The Labute approximate surface area is 569 Å². The Hall–Kier alpha value is -3.91. The standard InChI is InChI=1S/C63H109N5O30/c1-8-9-10-11-12-13-14-15-16-17-18-19-20-21-22-23-39(77)68-41-47(80)46(79)34(24-69)91-59(41)95-53-35(25-70)92-60(42(49(53)82)65-31(4)74)96-54-36(26-71)93-61(43(50(54)83)66-32(5)75)97-55-37(27-72)94-62(44(51(55)84)67-33(6)76)98-56-38(90-58(86)40(48(56)81)64-30(3)73)28-88-63-57(87-7)52(85)45(78)29(2)89-63/h13-14,29,34-38,40-63,69-72,78-86H,8-12,15-28H2,1-7H3,(H,64,73)(H,65,74)(H,66,75)(H,67,76)(H,68,77)/b14-13-/t29?,34?,35?,36?,37?,38?,40?,41?,42?,43?,44?,45-,46-,47?,48?,49?,50?,51?,52?,53-,54-,55-,56-,57?,58-,59+,60+,61+,62+,63-/m1/s1. The van der Waals surface area contributed by atoms with E-state index in [1.807, 2.05) is 0 Å². The van der Waals surface area contributed by atoms with Gasteiger partial charge in [-0.3, -0.25) is 24.0 Å². The highest BCUT2D eigenvalue weighted by atomic mass is 16.8. The van der Waals surface area contributed by atoms with Crippen LogP contribution in [0.3, 0.4) is 0 Å². The maximum Gasteiger partial charge on any atom is 0.220 e. The highest BCUT2D eigenvalue weighted by molar-refractivity contribution is 5.76. The van der Waals surface area contributed by atoms with E-state index in [-0.39, 0.29) is 6.42 Å². The van der Waals surface area contributed by atoms with Gasteiger partial charge in [-0.2, -0.15) is 0 Å². The Bertz CT molecular complexity index is 2450. The Kier molecular flexibility index (Phi) is 34.6. The zero-order valence-corrected chi connectivity index (χ0v) is 56.7. The van der Waals surface area contributed by atoms with Gasteiger partial charge in [-0.15, -0.1) is 0 Å². The summed E-state index contributed by atoms with van der Waals surface area (Å²) >= 11 is 0. The number of hydrogen-bond acceptors (Lipinski definition) is 30. The number of allylic oxidation sites excluding steroid dienone is 2. The molecule has 0 aromatic heterocycles. The number of carbonyl (C=O) groups excluding carboxylic acids is 5. The number of ether oxygens (including phenoxy) is 12. The van der Waals surface area contributed by atoms with Crippen molar-refractivity contribution < 1.29 is 147 Å². The maximum absolute atomic E-state index is 13.4. The summed E-state index contributed by atoms with van der Waals surface area (Å²) in [4.78, 5) is 64.5. The van der Waals surface area contributed by atoms with Crippen molar-refractivity contribution in [1.82, 2.24) is 26.6 Å². The summed E-state index contributed by atoms with van der Waals surface area (Å²) in [7, 11) is 1.21. The molecule has 0 aromatic carbocycles. The first-order valence-corrected chi connectivity index (χ1v) is 34.0. The third-order valence-corrected chi connectivity index (χ3v) is 18.3. The van der Waals surface area contributed by atoms with Crippen molar-refractivity contribution in [3.05, 3.63) is 12.2 Å². The predicted molar refractivity (Wildman–Crippen MR) is 334 cm³/mol. The van der Waals surface area contributed by atoms with Crippen LogP contribution in [0.15, 0.2) is 12.2 Å². The lowest BCUT2D eigenvalue weighted by atomic mass is 9.93. The van der Waals surface area contributed by atoms with Crippen molar-refractivity contribution in [2.45, 2.75) is 315 Å². The smallest absolute Gasteiger partial charge is 0.220 e. The molecule has 0 aromatic rings. The van der Waals surface area contributed by atoms with Crippen LogP contribution in [0.5, 0.6) is 0 Å². The number of unbranched alkanes of at least 4 members (excludes halogenated alkanes) is 11. The summed E-state index contributed by atoms with van der Waals surface area (Å²) in [5.41, 5.74) is 0. The molecule has 0 spiro atoms. The van der Waals surface area contributed by atoms with Crippen LogP contribution in [0.1, 0.15) is 131 Å². The van der Waals surface area contributed by atoms with Crippen LogP contribution >= 0.6 is 0 Å². The van der Waals surface area contributed by atoms with Gasteiger partial charge in [0.2, 0.25) is 29.5 Å². The van der Waals surface area contributed by atoms with E-state index in [0.717, 1.165) is 79.1 Å². The Balaban J connectivity index is 1.15. The third-order valence-electron chi connectivity index (χ3n) is 18.3. The van der Waals surface area contributed by atoms with Gasteiger partial charge in [-0.25, -0.2) is 0 Å². The average molecular weight is 1420 g/mol. The summed E-state index contributed by atoms with van der Waals surface area (Å²) in [5.74, 6) is -3.71. The summed E-state index contributed by atoms with van der Waals surface area (Å²) in [6.07, 6.45) is -24.7. The van der Waals surface area contributed by atoms with Crippen molar-refractivity contribution >= 4 is 29.5 Å². The molecule has 6 saturated heterocycles. The van der Waals surface area contributed by atoms with Crippen molar-refractivity contribution in [3.63, 3.8) is 0 Å². The van der Waals surface area contributed by atoms with E-state index in [2.05, 4.69) is 45.7 Å². The van der Waals surface area contributed by atoms with E-state index in [0.29, 0.717) is 6.42 Å². The van der Waals surface area contributed by atoms with Crippen molar-refractivity contribution in [2.75, 3.05) is 40.1 Å². The highest BCUT2D eigenvalue weighted by Crippen LogP contribution is 2.37. The number of amides is 5. The van der Waals surface area contributed by atoms with Crippen LogP contribution < -0.4 is 26.6 Å². The number of carbonyl (C=O) groups is 5. The van der Waals surface area contributed by atoms with Gasteiger partial charge in [0.1, 0.15) is 140 Å². The second-order valence-electron chi connectivity index (χ2n) is 25.9. The van der Waals surface area contributed by atoms with Crippen LogP contribution in [0.4, 0.5) is 0 Å². The first kappa shape index (κ1) is 83.0. The molecule has 5 amide bonds. The molecule has 0 saturated carbocycles. The molecule has 6 fully saturated rings. The molecule has 35 nitrogen and oxygen atoms in total. The number of aliphatic hydroxyl groups excluding tert-OH is 13. The van der Waals surface area contributed by atoms with Gasteiger partial charge in [0.05, 0.1) is 39.1 Å². The van der Waals surface area contributed by atoms with Crippen LogP contribution in [-0.2, 0) is 80.8 Å². The molecule has 18 N–H and O–H groups in total. The van der Waals surface area contributed by atoms with Crippen molar-refractivity contribution in [1.29, 1.82) is 0 Å². The highest BCUT2D eigenvalue weighted by Gasteiger charge is 2.58. The molecule has 30 atom stereocenters.